The molecule has 27 heavy (non-hydrogen) atoms. The predicted molar refractivity (Wildman–Crippen MR) is 97.8 cm³/mol. The van der Waals surface area contributed by atoms with Gasteiger partial charge in [-0.3, -0.25) is 0 Å². The van der Waals surface area contributed by atoms with Crippen LogP contribution in [-0.2, 0) is 15.8 Å². The molecule has 2 aromatic rings. The highest BCUT2D eigenvalue weighted by Crippen LogP contribution is 2.24. The van der Waals surface area contributed by atoms with Crippen molar-refractivity contribution in [3.8, 4) is 11.9 Å². The topological polar surface area (TPSA) is 92.1 Å². The molecule has 1 fully saturated rings. The van der Waals surface area contributed by atoms with E-state index in [4.69, 9.17) is 10.00 Å². The molecule has 8 heteroatoms. The van der Waals surface area contributed by atoms with E-state index in [9.17, 15) is 12.8 Å². The summed E-state index contributed by atoms with van der Waals surface area (Å²) in [6.07, 6.45) is 4.15. The third-order valence-electron chi connectivity index (χ3n) is 4.42. The normalized spacial score (nSPS) is 20.0. The molecule has 0 amide bonds. The Hall–Kier alpha value is -2.50. The monoisotopic (exact) mass is 389 g/mol. The van der Waals surface area contributed by atoms with Crippen LogP contribution >= 0.6 is 0 Å². The van der Waals surface area contributed by atoms with Gasteiger partial charge in [0.25, 0.3) is 0 Å². The van der Waals surface area contributed by atoms with Gasteiger partial charge in [0.05, 0.1) is 11.3 Å². The van der Waals surface area contributed by atoms with E-state index < -0.39 is 15.8 Å². The first-order chi connectivity index (χ1) is 12.9. The highest BCUT2D eigenvalue weighted by Gasteiger charge is 2.26. The van der Waals surface area contributed by atoms with E-state index in [1.165, 1.54) is 24.4 Å². The zero-order valence-corrected chi connectivity index (χ0v) is 15.5. The van der Waals surface area contributed by atoms with Gasteiger partial charge in [0.2, 0.25) is 15.9 Å². The molecule has 0 saturated heterocycles. The molecule has 1 heterocycles. The number of hydrogen-bond donors (Lipinski definition) is 1. The number of benzene rings is 1. The van der Waals surface area contributed by atoms with E-state index in [0.717, 1.165) is 0 Å². The van der Waals surface area contributed by atoms with Gasteiger partial charge in [-0.2, -0.15) is 5.26 Å². The van der Waals surface area contributed by atoms with Crippen molar-refractivity contribution in [3.05, 3.63) is 59.5 Å². The molecule has 0 atom stereocenters. The number of ether oxygens (including phenoxy) is 1. The molecular formula is C19H20FN3O3S. The molecule has 1 aliphatic rings. The maximum absolute atomic E-state index is 13.2. The average molecular weight is 389 g/mol. The van der Waals surface area contributed by atoms with Crippen LogP contribution in [0.15, 0.2) is 42.6 Å². The molecule has 1 aromatic carbocycles. The van der Waals surface area contributed by atoms with Gasteiger partial charge in [0.15, 0.2) is 0 Å². The quantitative estimate of drug-likeness (QED) is 0.820. The van der Waals surface area contributed by atoms with Gasteiger partial charge >= 0.3 is 0 Å². The van der Waals surface area contributed by atoms with Crippen LogP contribution in [0.3, 0.4) is 0 Å². The summed E-state index contributed by atoms with van der Waals surface area (Å²) < 4.78 is 46.3. The van der Waals surface area contributed by atoms with Crippen molar-refractivity contribution in [1.82, 2.24) is 9.71 Å². The first-order valence-corrected chi connectivity index (χ1v) is 10.4. The molecule has 142 valence electrons. The maximum Gasteiger partial charge on any atom is 0.216 e. The zero-order chi connectivity index (χ0) is 19.3. The number of nitrogens with zero attached hydrogens (tertiary/aromatic N) is 2. The average Bonchev–Trinajstić information content (AvgIpc) is 2.63. The smallest absolute Gasteiger partial charge is 0.216 e. The number of nitrogens with one attached hydrogen (secondary N) is 1. The number of rotatable bonds is 6. The number of pyridine rings is 1. The van der Waals surface area contributed by atoms with Crippen LogP contribution in [0.1, 0.15) is 36.8 Å². The lowest BCUT2D eigenvalue weighted by atomic mass is 9.94. The highest BCUT2D eigenvalue weighted by atomic mass is 32.2. The third kappa shape index (κ3) is 5.74. The minimum Gasteiger partial charge on any atom is -0.474 e. The highest BCUT2D eigenvalue weighted by molar-refractivity contribution is 7.88. The van der Waals surface area contributed by atoms with Crippen molar-refractivity contribution in [1.29, 1.82) is 5.26 Å². The summed E-state index contributed by atoms with van der Waals surface area (Å²) in [5.41, 5.74) is 0.894. The fourth-order valence-corrected chi connectivity index (χ4v) is 4.57. The SMILES string of the molecule is N#Cc1ccc(OC2CCC(NS(=O)(=O)Cc3cccc(F)c3)CC2)nc1. The lowest BCUT2D eigenvalue weighted by molar-refractivity contribution is 0.138. The van der Waals surface area contributed by atoms with Gasteiger partial charge in [-0.05, 0) is 49.4 Å². The van der Waals surface area contributed by atoms with Crippen molar-refractivity contribution in [2.24, 2.45) is 0 Å². The van der Waals surface area contributed by atoms with Crippen LogP contribution in [0.4, 0.5) is 4.39 Å². The standard InChI is InChI=1S/C19H20FN3O3S/c20-16-3-1-2-14(10-16)13-27(24,25)23-17-5-7-18(8-6-17)26-19-9-4-15(11-21)12-22-19/h1-4,9-10,12,17-18,23H,5-8,13H2. The summed E-state index contributed by atoms with van der Waals surface area (Å²) in [5.74, 6) is -0.225. The van der Waals surface area contributed by atoms with Crippen molar-refractivity contribution in [3.63, 3.8) is 0 Å². The van der Waals surface area contributed by atoms with Crippen LogP contribution < -0.4 is 9.46 Å². The number of aromatic nitrogens is 1. The van der Waals surface area contributed by atoms with E-state index in [0.29, 0.717) is 42.7 Å². The summed E-state index contributed by atoms with van der Waals surface area (Å²) >= 11 is 0. The van der Waals surface area contributed by atoms with Crippen LogP contribution in [-0.4, -0.2) is 25.5 Å². The molecule has 1 aliphatic carbocycles. The molecule has 3 rings (SSSR count). The molecular weight excluding hydrogens is 369 g/mol. The second kappa shape index (κ2) is 8.46. The first-order valence-electron chi connectivity index (χ1n) is 8.71. The summed E-state index contributed by atoms with van der Waals surface area (Å²) in [5, 5.41) is 8.77. The molecule has 0 unspecified atom stereocenters. The molecule has 0 radical (unpaired) electrons. The fraction of sp³-hybridized carbons (Fsp3) is 0.368. The van der Waals surface area contributed by atoms with Crippen molar-refractivity contribution in [2.45, 2.75) is 43.6 Å². The summed E-state index contributed by atoms with van der Waals surface area (Å²) in [7, 11) is -3.54. The molecule has 6 nitrogen and oxygen atoms in total. The van der Waals surface area contributed by atoms with Gasteiger partial charge in [-0.1, -0.05) is 12.1 Å². The van der Waals surface area contributed by atoms with Gasteiger partial charge in [0.1, 0.15) is 18.0 Å². The van der Waals surface area contributed by atoms with Crippen molar-refractivity contribution < 1.29 is 17.5 Å². The van der Waals surface area contributed by atoms with E-state index in [1.54, 1.807) is 18.2 Å². The molecule has 1 saturated carbocycles. The molecule has 1 aromatic heterocycles. The number of nitriles is 1. The van der Waals surface area contributed by atoms with Crippen molar-refractivity contribution in [2.75, 3.05) is 0 Å². The van der Waals surface area contributed by atoms with Crippen LogP contribution in [0, 0.1) is 17.1 Å². The van der Waals surface area contributed by atoms with Gasteiger partial charge in [-0.15, -0.1) is 0 Å². The molecule has 0 aliphatic heterocycles. The Balaban J connectivity index is 1.49. The van der Waals surface area contributed by atoms with E-state index in [2.05, 4.69) is 9.71 Å². The lowest BCUT2D eigenvalue weighted by Crippen LogP contribution is -2.40. The Morgan fingerprint density at radius 1 is 1.22 bits per heavy atom. The number of sulfonamides is 1. The van der Waals surface area contributed by atoms with E-state index in [-0.39, 0.29) is 17.9 Å². The third-order valence-corrected chi connectivity index (χ3v) is 5.82. The Morgan fingerprint density at radius 2 is 2.00 bits per heavy atom. The minimum atomic E-state index is -3.54. The summed E-state index contributed by atoms with van der Waals surface area (Å²) in [6.45, 7) is 0. The van der Waals surface area contributed by atoms with E-state index >= 15 is 0 Å². The number of halogens is 1. The Bertz CT molecular complexity index is 918. The maximum atomic E-state index is 13.2. The van der Waals surface area contributed by atoms with Crippen LogP contribution in [0.25, 0.3) is 0 Å². The van der Waals surface area contributed by atoms with Crippen molar-refractivity contribution >= 4 is 10.0 Å². The second-order valence-electron chi connectivity index (χ2n) is 6.60. The minimum absolute atomic E-state index is 0.0330. The van der Waals surface area contributed by atoms with Crippen LogP contribution in [0.5, 0.6) is 5.88 Å². The Labute approximate surface area is 158 Å². The molecule has 0 bridgehead atoms. The largest absolute Gasteiger partial charge is 0.474 e. The first kappa shape index (κ1) is 19.3. The Morgan fingerprint density at radius 3 is 2.63 bits per heavy atom. The molecule has 1 N–H and O–H groups in total. The van der Waals surface area contributed by atoms with Crippen LogP contribution in [0.2, 0.25) is 0 Å². The fourth-order valence-electron chi connectivity index (χ4n) is 3.13. The summed E-state index contributed by atoms with van der Waals surface area (Å²) in [4.78, 5) is 4.09. The zero-order valence-electron chi connectivity index (χ0n) is 14.6. The van der Waals surface area contributed by atoms with Gasteiger partial charge < -0.3 is 4.74 Å². The lowest BCUT2D eigenvalue weighted by Gasteiger charge is -2.29. The second-order valence-corrected chi connectivity index (χ2v) is 8.35. The molecule has 0 spiro atoms. The number of hydrogen-bond acceptors (Lipinski definition) is 5. The van der Waals surface area contributed by atoms with Gasteiger partial charge in [0, 0.05) is 18.3 Å². The Kier molecular flexibility index (Phi) is 6.04. The predicted octanol–water partition coefficient (Wildman–Crippen LogP) is 2.90. The van der Waals surface area contributed by atoms with E-state index in [1.807, 2.05) is 6.07 Å². The van der Waals surface area contributed by atoms with Gasteiger partial charge in [-0.25, -0.2) is 22.5 Å². The summed E-state index contributed by atoms with van der Waals surface area (Å²) in [6, 6.07) is 10.8.